The van der Waals surface area contributed by atoms with Crippen LogP contribution < -0.4 is 5.32 Å². The molecule has 6 heteroatoms. The van der Waals surface area contributed by atoms with Gasteiger partial charge in [0.25, 0.3) is 0 Å². The normalized spacial score (nSPS) is 16.7. The van der Waals surface area contributed by atoms with Crippen LogP contribution >= 0.6 is 0 Å². The Kier molecular flexibility index (Phi) is 9.63. The average Bonchev–Trinajstić information content (AvgIpc) is 2.48. The van der Waals surface area contributed by atoms with Crippen LogP contribution in [-0.2, 0) is 14.2 Å². The van der Waals surface area contributed by atoms with Crippen molar-refractivity contribution >= 4 is 6.09 Å². The Balaban J connectivity index is 2.01. The predicted molar refractivity (Wildman–Crippen MR) is 95.3 cm³/mol. The van der Waals surface area contributed by atoms with Crippen LogP contribution in [0, 0.1) is 5.92 Å². The first-order valence-electron chi connectivity index (χ1n) is 9.16. The summed E-state index contributed by atoms with van der Waals surface area (Å²) in [6, 6.07) is 0. The van der Waals surface area contributed by atoms with E-state index in [0.717, 1.165) is 25.9 Å². The number of likely N-dealkylation sites (tertiary alicyclic amines) is 1. The first-order chi connectivity index (χ1) is 11.3. The van der Waals surface area contributed by atoms with Crippen molar-refractivity contribution < 1.29 is 19.0 Å². The molecule has 1 fully saturated rings. The van der Waals surface area contributed by atoms with Gasteiger partial charge in [-0.1, -0.05) is 13.8 Å². The molecule has 0 bridgehead atoms. The third-order valence-corrected chi connectivity index (χ3v) is 3.65. The van der Waals surface area contributed by atoms with E-state index >= 15 is 0 Å². The molecule has 1 aliphatic rings. The summed E-state index contributed by atoms with van der Waals surface area (Å²) in [6.07, 6.45) is 1.70. The molecule has 0 radical (unpaired) electrons. The van der Waals surface area contributed by atoms with Crippen molar-refractivity contribution in [2.75, 3.05) is 46.0 Å². The second-order valence-electron chi connectivity index (χ2n) is 7.75. The zero-order valence-corrected chi connectivity index (χ0v) is 16.1. The molecule has 0 atom stereocenters. The Bertz CT molecular complexity index is 347. The lowest BCUT2D eigenvalue weighted by atomic mass is 10.1. The molecule has 0 aromatic carbocycles. The molecular weight excluding hydrogens is 308 g/mol. The van der Waals surface area contributed by atoms with E-state index in [4.69, 9.17) is 14.2 Å². The maximum atomic E-state index is 12.0. The number of hydrogen-bond donors (Lipinski definition) is 1. The summed E-state index contributed by atoms with van der Waals surface area (Å²) in [6.45, 7) is 15.3. The molecule has 0 unspecified atom stereocenters. The van der Waals surface area contributed by atoms with Crippen molar-refractivity contribution in [2.45, 2.75) is 59.2 Å². The third-order valence-electron chi connectivity index (χ3n) is 3.65. The van der Waals surface area contributed by atoms with Crippen molar-refractivity contribution in [1.82, 2.24) is 10.2 Å². The highest BCUT2D eigenvalue weighted by Gasteiger charge is 2.26. The van der Waals surface area contributed by atoms with E-state index in [-0.39, 0.29) is 12.2 Å². The number of ether oxygens (including phenoxy) is 3. The Hall–Kier alpha value is -0.850. The van der Waals surface area contributed by atoms with Crippen LogP contribution in [-0.4, -0.2) is 68.7 Å². The number of carbonyl (C=O) groups is 1. The second-order valence-corrected chi connectivity index (χ2v) is 7.75. The highest BCUT2D eigenvalue weighted by atomic mass is 16.6. The van der Waals surface area contributed by atoms with Crippen molar-refractivity contribution in [3.8, 4) is 0 Å². The van der Waals surface area contributed by atoms with E-state index < -0.39 is 5.60 Å². The summed E-state index contributed by atoms with van der Waals surface area (Å²) in [4.78, 5) is 13.8. The van der Waals surface area contributed by atoms with E-state index in [1.165, 1.54) is 0 Å². The first-order valence-corrected chi connectivity index (χ1v) is 9.16. The topological polar surface area (TPSA) is 60.0 Å². The van der Waals surface area contributed by atoms with Crippen LogP contribution in [0.25, 0.3) is 0 Å². The van der Waals surface area contributed by atoms with Gasteiger partial charge in [0.05, 0.1) is 25.9 Å². The van der Waals surface area contributed by atoms with Crippen molar-refractivity contribution in [1.29, 1.82) is 0 Å². The summed E-state index contributed by atoms with van der Waals surface area (Å²) >= 11 is 0. The maximum Gasteiger partial charge on any atom is 0.410 e. The zero-order chi connectivity index (χ0) is 18.0. The quantitative estimate of drug-likeness (QED) is 0.652. The first kappa shape index (κ1) is 21.2. The molecule has 1 N–H and O–H groups in total. The number of amides is 1. The van der Waals surface area contributed by atoms with Crippen LogP contribution in [0.5, 0.6) is 0 Å². The molecule has 1 heterocycles. The van der Waals surface area contributed by atoms with Crippen molar-refractivity contribution in [2.24, 2.45) is 5.92 Å². The molecule has 142 valence electrons. The van der Waals surface area contributed by atoms with Gasteiger partial charge in [0.15, 0.2) is 0 Å². The fourth-order valence-corrected chi connectivity index (χ4v) is 2.44. The minimum absolute atomic E-state index is 0.214. The minimum atomic E-state index is -0.439. The van der Waals surface area contributed by atoms with Gasteiger partial charge in [0, 0.05) is 19.6 Å². The molecule has 1 amide bonds. The van der Waals surface area contributed by atoms with Gasteiger partial charge in [0.2, 0.25) is 0 Å². The summed E-state index contributed by atoms with van der Waals surface area (Å²) < 4.78 is 16.8. The lowest BCUT2D eigenvalue weighted by Crippen LogP contribution is -2.43. The molecule has 0 aromatic heterocycles. The molecular formula is C18H36N2O4. The van der Waals surface area contributed by atoms with E-state index in [1.807, 2.05) is 20.8 Å². The highest BCUT2D eigenvalue weighted by molar-refractivity contribution is 5.68. The van der Waals surface area contributed by atoms with Crippen molar-refractivity contribution in [3.05, 3.63) is 0 Å². The molecule has 1 aliphatic heterocycles. The van der Waals surface area contributed by atoms with E-state index in [9.17, 15) is 4.79 Å². The number of carbonyl (C=O) groups excluding carboxylic acids is 1. The maximum absolute atomic E-state index is 12.0. The van der Waals surface area contributed by atoms with Gasteiger partial charge in [-0.05, 0) is 46.1 Å². The molecule has 1 saturated heterocycles. The Morgan fingerprint density at radius 1 is 1.17 bits per heavy atom. The lowest BCUT2D eigenvalue weighted by Gasteiger charge is -2.33. The molecule has 6 nitrogen and oxygen atoms in total. The van der Waals surface area contributed by atoms with Crippen LogP contribution in [0.15, 0.2) is 0 Å². The van der Waals surface area contributed by atoms with Gasteiger partial charge in [0.1, 0.15) is 5.60 Å². The standard InChI is InChI=1S/C18H36N2O4/c1-15(2)14-19-8-11-22-12-13-23-16-6-9-20(10-7-16)17(21)24-18(3,4)5/h15-16,19H,6-14H2,1-5H3. The second kappa shape index (κ2) is 10.9. The van der Waals surface area contributed by atoms with Gasteiger partial charge < -0.3 is 24.4 Å². The van der Waals surface area contributed by atoms with Crippen LogP contribution in [0.3, 0.4) is 0 Å². The summed E-state index contributed by atoms with van der Waals surface area (Å²) in [7, 11) is 0. The monoisotopic (exact) mass is 344 g/mol. The lowest BCUT2D eigenvalue weighted by molar-refractivity contribution is -0.0289. The SMILES string of the molecule is CC(C)CNCCOCCOC1CCN(C(=O)OC(C)(C)C)CC1. The number of nitrogens with zero attached hydrogens (tertiary/aromatic N) is 1. The molecule has 24 heavy (non-hydrogen) atoms. The largest absolute Gasteiger partial charge is 0.444 e. The number of nitrogens with one attached hydrogen (secondary N) is 1. The number of piperidine rings is 1. The zero-order valence-electron chi connectivity index (χ0n) is 16.1. The van der Waals surface area contributed by atoms with Crippen molar-refractivity contribution in [3.63, 3.8) is 0 Å². The molecule has 0 saturated carbocycles. The van der Waals surface area contributed by atoms with Crippen LogP contribution in [0.1, 0.15) is 47.5 Å². The van der Waals surface area contributed by atoms with Crippen LogP contribution in [0.4, 0.5) is 4.79 Å². The molecule has 0 aliphatic carbocycles. The van der Waals surface area contributed by atoms with E-state index in [1.54, 1.807) is 4.90 Å². The third kappa shape index (κ3) is 10.1. The van der Waals surface area contributed by atoms with Gasteiger partial charge >= 0.3 is 6.09 Å². The average molecular weight is 344 g/mol. The number of rotatable bonds is 9. The summed E-state index contributed by atoms with van der Waals surface area (Å²) in [5.41, 5.74) is -0.439. The Labute approximate surface area is 147 Å². The smallest absolute Gasteiger partial charge is 0.410 e. The van der Waals surface area contributed by atoms with E-state index in [2.05, 4.69) is 19.2 Å². The fourth-order valence-electron chi connectivity index (χ4n) is 2.44. The summed E-state index contributed by atoms with van der Waals surface area (Å²) in [5, 5.41) is 3.34. The molecule has 0 spiro atoms. The van der Waals surface area contributed by atoms with Crippen LogP contribution in [0.2, 0.25) is 0 Å². The minimum Gasteiger partial charge on any atom is -0.444 e. The molecule has 0 aromatic rings. The highest BCUT2D eigenvalue weighted by Crippen LogP contribution is 2.17. The van der Waals surface area contributed by atoms with Gasteiger partial charge in [-0.2, -0.15) is 0 Å². The van der Waals surface area contributed by atoms with E-state index in [0.29, 0.717) is 38.8 Å². The Morgan fingerprint density at radius 3 is 2.42 bits per heavy atom. The summed E-state index contributed by atoms with van der Waals surface area (Å²) in [5.74, 6) is 0.667. The van der Waals surface area contributed by atoms with Gasteiger partial charge in [-0.25, -0.2) is 4.79 Å². The fraction of sp³-hybridized carbons (Fsp3) is 0.944. The van der Waals surface area contributed by atoms with Gasteiger partial charge in [-0.15, -0.1) is 0 Å². The Morgan fingerprint density at radius 2 is 1.83 bits per heavy atom. The predicted octanol–water partition coefficient (Wildman–Crippen LogP) is 2.66. The van der Waals surface area contributed by atoms with Gasteiger partial charge in [-0.3, -0.25) is 0 Å². The molecule has 1 rings (SSSR count). The number of hydrogen-bond acceptors (Lipinski definition) is 5.